The van der Waals surface area contributed by atoms with Crippen molar-refractivity contribution >= 4 is 5.97 Å². The summed E-state index contributed by atoms with van der Waals surface area (Å²) in [6.07, 6.45) is -3.16. The SMILES string of the molecule is COC(=O)[C@H](O)[C@H](O)c1ccc(OCc2ccccc2)c(OCc2ccccc2)c1. The lowest BCUT2D eigenvalue weighted by atomic mass is 10.0. The van der Waals surface area contributed by atoms with Crippen LogP contribution in [0.1, 0.15) is 22.8 Å². The molecule has 0 spiro atoms. The van der Waals surface area contributed by atoms with E-state index in [2.05, 4.69) is 4.74 Å². The quantitative estimate of drug-likeness (QED) is 0.528. The summed E-state index contributed by atoms with van der Waals surface area (Å²) in [5.41, 5.74) is 2.27. The van der Waals surface area contributed by atoms with E-state index in [4.69, 9.17) is 9.47 Å². The van der Waals surface area contributed by atoms with Crippen molar-refractivity contribution in [2.75, 3.05) is 7.11 Å². The Bertz CT molecular complexity index is 942. The summed E-state index contributed by atoms with van der Waals surface area (Å²) in [7, 11) is 1.15. The molecule has 30 heavy (non-hydrogen) atoms. The number of carbonyl (C=O) groups excluding carboxylic acids is 1. The molecule has 0 radical (unpaired) electrons. The van der Waals surface area contributed by atoms with Crippen LogP contribution in [0.5, 0.6) is 11.5 Å². The Labute approximate surface area is 175 Å². The summed E-state index contributed by atoms with van der Waals surface area (Å²) < 4.78 is 16.3. The first-order chi connectivity index (χ1) is 14.6. The van der Waals surface area contributed by atoms with Gasteiger partial charge in [0.05, 0.1) is 7.11 Å². The van der Waals surface area contributed by atoms with Crippen molar-refractivity contribution in [1.82, 2.24) is 0 Å². The molecule has 0 aliphatic heterocycles. The third-order valence-electron chi connectivity index (χ3n) is 4.53. The van der Waals surface area contributed by atoms with Gasteiger partial charge in [0.15, 0.2) is 17.6 Å². The van der Waals surface area contributed by atoms with E-state index < -0.39 is 18.2 Å². The second-order valence-corrected chi connectivity index (χ2v) is 6.67. The van der Waals surface area contributed by atoms with E-state index in [-0.39, 0.29) is 0 Å². The van der Waals surface area contributed by atoms with Crippen LogP contribution in [0.3, 0.4) is 0 Å². The molecule has 0 aliphatic carbocycles. The second-order valence-electron chi connectivity index (χ2n) is 6.67. The standard InChI is InChI=1S/C24H24O6/c1-28-24(27)23(26)22(25)19-12-13-20(29-15-17-8-4-2-5-9-17)21(14-19)30-16-18-10-6-3-7-11-18/h2-14,22-23,25-26H,15-16H2,1H3/t22-,23-/m1/s1. The summed E-state index contributed by atoms with van der Waals surface area (Å²) >= 11 is 0. The molecule has 0 aliphatic rings. The fraction of sp³-hybridized carbons (Fsp3) is 0.208. The highest BCUT2D eigenvalue weighted by atomic mass is 16.5. The van der Waals surface area contributed by atoms with Gasteiger partial charge in [0.2, 0.25) is 0 Å². The number of rotatable bonds is 9. The molecular formula is C24H24O6. The minimum Gasteiger partial charge on any atom is -0.485 e. The molecule has 0 amide bonds. The number of hydrogen-bond acceptors (Lipinski definition) is 6. The van der Waals surface area contributed by atoms with E-state index in [1.165, 1.54) is 0 Å². The number of methoxy groups -OCH3 is 1. The molecule has 6 heteroatoms. The van der Waals surface area contributed by atoms with Crippen LogP contribution in [0, 0.1) is 0 Å². The molecule has 0 saturated heterocycles. The molecule has 0 unspecified atom stereocenters. The number of carbonyl (C=O) groups is 1. The molecule has 3 aromatic carbocycles. The van der Waals surface area contributed by atoms with Gasteiger partial charge in [-0.1, -0.05) is 66.7 Å². The molecule has 0 bridgehead atoms. The van der Waals surface area contributed by atoms with Gasteiger partial charge < -0.3 is 24.4 Å². The lowest BCUT2D eigenvalue weighted by molar-refractivity contribution is -0.156. The minimum atomic E-state index is -1.70. The van der Waals surface area contributed by atoms with Gasteiger partial charge in [0.1, 0.15) is 19.3 Å². The van der Waals surface area contributed by atoms with Crippen molar-refractivity contribution in [3.8, 4) is 11.5 Å². The Hall–Kier alpha value is -3.35. The molecule has 3 aromatic rings. The van der Waals surface area contributed by atoms with E-state index in [1.54, 1.807) is 18.2 Å². The van der Waals surface area contributed by atoms with Crippen LogP contribution in [0.25, 0.3) is 0 Å². The van der Waals surface area contributed by atoms with Gasteiger partial charge in [-0.05, 0) is 28.8 Å². The van der Waals surface area contributed by atoms with Crippen molar-refractivity contribution in [3.05, 3.63) is 95.6 Å². The third-order valence-corrected chi connectivity index (χ3v) is 4.53. The molecule has 0 aromatic heterocycles. The van der Waals surface area contributed by atoms with E-state index in [0.717, 1.165) is 18.2 Å². The van der Waals surface area contributed by atoms with Crippen LogP contribution >= 0.6 is 0 Å². The molecule has 6 nitrogen and oxygen atoms in total. The average Bonchev–Trinajstić information content (AvgIpc) is 2.81. The maximum Gasteiger partial charge on any atom is 0.337 e. The van der Waals surface area contributed by atoms with E-state index in [0.29, 0.717) is 30.3 Å². The Morgan fingerprint density at radius 3 is 1.87 bits per heavy atom. The largest absolute Gasteiger partial charge is 0.485 e. The first kappa shape index (κ1) is 21.4. The lowest BCUT2D eigenvalue weighted by Crippen LogP contribution is -2.29. The summed E-state index contributed by atoms with van der Waals surface area (Å²) in [6.45, 7) is 0.636. The summed E-state index contributed by atoms with van der Waals surface area (Å²) in [4.78, 5) is 11.6. The molecular weight excluding hydrogens is 384 g/mol. The Morgan fingerprint density at radius 1 is 0.800 bits per heavy atom. The number of esters is 1. The fourth-order valence-corrected chi connectivity index (χ4v) is 2.84. The zero-order valence-electron chi connectivity index (χ0n) is 16.6. The van der Waals surface area contributed by atoms with Crippen molar-refractivity contribution in [3.63, 3.8) is 0 Å². The first-order valence-electron chi connectivity index (χ1n) is 9.50. The van der Waals surface area contributed by atoms with Gasteiger partial charge in [-0.25, -0.2) is 4.79 Å². The van der Waals surface area contributed by atoms with Crippen LogP contribution in [0.4, 0.5) is 0 Å². The van der Waals surface area contributed by atoms with Gasteiger partial charge in [0.25, 0.3) is 0 Å². The zero-order chi connectivity index (χ0) is 21.3. The number of aliphatic hydroxyl groups excluding tert-OH is 2. The van der Waals surface area contributed by atoms with Crippen LogP contribution < -0.4 is 9.47 Å². The first-order valence-corrected chi connectivity index (χ1v) is 9.50. The van der Waals surface area contributed by atoms with Crippen LogP contribution in [-0.4, -0.2) is 29.4 Å². The van der Waals surface area contributed by atoms with Gasteiger partial charge >= 0.3 is 5.97 Å². The van der Waals surface area contributed by atoms with Gasteiger partial charge in [0, 0.05) is 0 Å². The fourth-order valence-electron chi connectivity index (χ4n) is 2.84. The van der Waals surface area contributed by atoms with Crippen molar-refractivity contribution in [2.45, 2.75) is 25.4 Å². The van der Waals surface area contributed by atoms with Gasteiger partial charge in [-0.15, -0.1) is 0 Å². The Balaban J connectivity index is 1.81. The number of aliphatic hydroxyl groups is 2. The predicted octanol–water partition coefficient (Wildman–Crippen LogP) is 3.41. The van der Waals surface area contributed by atoms with Gasteiger partial charge in [-0.3, -0.25) is 0 Å². The third kappa shape index (κ3) is 5.59. The van der Waals surface area contributed by atoms with Crippen molar-refractivity contribution in [1.29, 1.82) is 0 Å². The maximum atomic E-state index is 11.6. The molecule has 156 valence electrons. The Kier molecular flexibility index (Phi) is 7.43. The van der Waals surface area contributed by atoms with Crippen LogP contribution in [0.2, 0.25) is 0 Å². The van der Waals surface area contributed by atoms with Crippen LogP contribution in [-0.2, 0) is 22.7 Å². The maximum absolute atomic E-state index is 11.6. The number of hydrogen-bond donors (Lipinski definition) is 2. The zero-order valence-corrected chi connectivity index (χ0v) is 16.6. The molecule has 0 saturated carbocycles. The van der Waals surface area contributed by atoms with E-state index in [9.17, 15) is 15.0 Å². The highest BCUT2D eigenvalue weighted by Crippen LogP contribution is 2.33. The van der Waals surface area contributed by atoms with Crippen molar-refractivity contribution < 1.29 is 29.2 Å². The molecule has 0 heterocycles. The van der Waals surface area contributed by atoms with E-state index in [1.807, 2.05) is 60.7 Å². The molecule has 0 fully saturated rings. The van der Waals surface area contributed by atoms with Gasteiger partial charge in [-0.2, -0.15) is 0 Å². The molecule has 3 rings (SSSR count). The molecule has 2 N–H and O–H groups in total. The topological polar surface area (TPSA) is 85.2 Å². The normalized spacial score (nSPS) is 12.6. The van der Waals surface area contributed by atoms with Crippen molar-refractivity contribution in [2.24, 2.45) is 0 Å². The monoisotopic (exact) mass is 408 g/mol. The minimum absolute atomic E-state index is 0.293. The second kappa shape index (κ2) is 10.4. The summed E-state index contributed by atoms with van der Waals surface area (Å²) in [5.74, 6) is -0.0413. The van der Waals surface area contributed by atoms with Crippen LogP contribution in [0.15, 0.2) is 78.9 Å². The average molecular weight is 408 g/mol. The Morgan fingerprint density at radius 2 is 1.33 bits per heavy atom. The lowest BCUT2D eigenvalue weighted by Gasteiger charge is -2.19. The predicted molar refractivity (Wildman–Crippen MR) is 111 cm³/mol. The summed E-state index contributed by atoms with van der Waals surface area (Å²) in [5, 5.41) is 20.3. The number of benzene rings is 3. The number of ether oxygens (including phenoxy) is 3. The summed E-state index contributed by atoms with van der Waals surface area (Å²) in [6, 6.07) is 24.1. The smallest absolute Gasteiger partial charge is 0.337 e. The highest BCUT2D eigenvalue weighted by molar-refractivity contribution is 5.75. The molecule has 2 atom stereocenters. The van der Waals surface area contributed by atoms with E-state index >= 15 is 0 Å². The highest BCUT2D eigenvalue weighted by Gasteiger charge is 2.27.